The molecule has 0 N–H and O–H groups in total. The summed E-state index contributed by atoms with van der Waals surface area (Å²) in [4.78, 5) is 4.51. The maximum absolute atomic E-state index is 4.51. The van der Waals surface area contributed by atoms with Gasteiger partial charge in [0.15, 0.2) is 0 Å². The molecule has 1 aromatic heterocycles. The first-order valence-electron chi connectivity index (χ1n) is 5.18. The molecule has 0 bridgehead atoms. The summed E-state index contributed by atoms with van der Waals surface area (Å²) in [5, 5.41) is 0. The summed E-state index contributed by atoms with van der Waals surface area (Å²) in [5.41, 5.74) is 5.95. The van der Waals surface area contributed by atoms with E-state index in [4.69, 9.17) is 0 Å². The van der Waals surface area contributed by atoms with Gasteiger partial charge in [0.05, 0.1) is 5.69 Å². The molecule has 15 heavy (non-hydrogen) atoms. The molecule has 0 amide bonds. The minimum Gasteiger partial charge on any atom is -0.253 e. The minimum absolute atomic E-state index is 1.05. The lowest BCUT2D eigenvalue weighted by molar-refractivity contribution is 1.20. The second-order valence-corrected chi connectivity index (χ2v) is 3.96. The molecule has 0 aliphatic carbocycles. The van der Waals surface area contributed by atoms with Crippen LogP contribution in [-0.2, 0) is 0 Å². The third-order valence-electron chi connectivity index (χ3n) is 2.69. The van der Waals surface area contributed by atoms with Crippen molar-refractivity contribution in [3.8, 4) is 11.3 Å². The Labute approximate surface area is 90.8 Å². The van der Waals surface area contributed by atoms with Crippen LogP contribution in [0, 0.1) is 20.8 Å². The minimum atomic E-state index is 1.05. The number of pyridine rings is 1. The summed E-state index contributed by atoms with van der Waals surface area (Å²) < 4.78 is 0. The molecule has 2 rings (SSSR count). The smallest absolute Gasteiger partial charge is 0.0705 e. The zero-order valence-corrected chi connectivity index (χ0v) is 9.41. The van der Waals surface area contributed by atoms with Crippen LogP contribution in [0.25, 0.3) is 11.3 Å². The maximum atomic E-state index is 4.51. The van der Waals surface area contributed by atoms with Crippen molar-refractivity contribution in [3.63, 3.8) is 0 Å². The van der Waals surface area contributed by atoms with Crippen LogP contribution in [0.2, 0.25) is 0 Å². The highest BCUT2D eigenvalue weighted by atomic mass is 14.7. The number of hydrogen-bond acceptors (Lipinski definition) is 1. The van der Waals surface area contributed by atoms with Crippen molar-refractivity contribution in [2.75, 3.05) is 0 Å². The van der Waals surface area contributed by atoms with Crippen molar-refractivity contribution >= 4 is 0 Å². The Kier molecular flexibility index (Phi) is 2.55. The fourth-order valence-corrected chi connectivity index (χ4v) is 1.60. The second kappa shape index (κ2) is 3.85. The van der Waals surface area contributed by atoms with Gasteiger partial charge in [-0.05, 0) is 50.1 Å². The van der Waals surface area contributed by atoms with Crippen LogP contribution in [-0.4, -0.2) is 4.98 Å². The Morgan fingerprint density at radius 1 is 0.867 bits per heavy atom. The normalized spacial score (nSPS) is 10.3. The molecule has 1 aromatic carbocycles. The summed E-state index contributed by atoms with van der Waals surface area (Å²) >= 11 is 0. The molecule has 0 fully saturated rings. The summed E-state index contributed by atoms with van der Waals surface area (Å²) in [6.07, 6.45) is 0. The van der Waals surface area contributed by atoms with Gasteiger partial charge < -0.3 is 0 Å². The van der Waals surface area contributed by atoms with Crippen molar-refractivity contribution in [2.45, 2.75) is 20.8 Å². The average molecular weight is 197 g/mol. The molecule has 0 aliphatic heterocycles. The summed E-state index contributed by atoms with van der Waals surface area (Å²) in [5.74, 6) is 0. The van der Waals surface area contributed by atoms with E-state index < -0.39 is 0 Å². The fourth-order valence-electron chi connectivity index (χ4n) is 1.60. The first-order valence-corrected chi connectivity index (χ1v) is 5.18. The van der Waals surface area contributed by atoms with Gasteiger partial charge in [-0.15, -0.1) is 0 Å². The monoisotopic (exact) mass is 197 g/mol. The lowest BCUT2D eigenvalue weighted by Crippen LogP contribution is -1.88. The highest BCUT2D eigenvalue weighted by molar-refractivity contribution is 5.60. The van der Waals surface area contributed by atoms with Crippen LogP contribution in [0.15, 0.2) is 36.4 Å². The standard InChI is InChI=1S/C14H15N/c1-10-7-8-13(9-11(10)2)14-6-4-5-12(3)15-14/h4-9H,1-3H3. The maximum Gasteiger partial charge on any atom is 0.0705 e. The third-order valence-corrected chi connectivity index (χ3v) is 2.69. The summed E-state index contributed by atoms with van der Waals surface area (Å²) in [7, 11) is 0. The molecule has 0 saturated heterocycles. The van der Waals surface area contributed by atoms with E-state index in [2.05, 4.69) is 43.1 Å². The van der Waals surface area contributed by atoms with Gasteiger partial charge in [0.2, 0.25) is 0 Å². The molecular weight excluding hydrogens is 182 g/mol. The molecule has 1 nitrogen and oxygen atoms in total. The third kappa shape index (κ3) is 2.07. The van der Waals surface area contributed by atoms with E-state index in [0.717, 1.165) is 11.4 Å². The van der Waals surface area contributed by atoms with Crippen LogP contribution >= 0.6 is 0 Å². The average Bonchev–Trinajstić information content (AvgIpc) is 2.22. The van der Waals surface area contributed by atoms with Crippen molar-refractivity contribution in [2.24, 2.45) is 0 Å². The lowest BCUT2D eigenvalue weighted by atomic mass is 10.0. The predicted molar refractivity (Wildman–Crippen MR) is 63.9 cm³/mol. The number of nitrogens with zero attached hydrogens (tertiary/aromatic N) is 1. The molecule has 1 heterocycles. The zero-order valence-electron chi connectivity index (χ0n) is 9.41. The molecule has 0 unspecified atom stereocenters. The quantitative estimate of drug-likeness (QED) is 0.679. The summed E-state index contributed by atoms with van der Waals surface area (Å²) in [6, 6.07) is 12.6. The molecular formula is C14H15N. The molecule has 0 atom stereocenters. The first-order chi connectivity index (χ1) is 7.16. The largest absolute Gasteiger partial charge is 0.253 e. The Bertz CT molecular complexity index is 486. The van der Waals surface area contributed by atoms with Gasteiger partial charge >= 0.3 is 0 Å². The Hall–Kier alpha value is -1.63. The summed E-state index contributed by atoms with van der Waals surface area (Å²) in [6.45, 7) is 6.28. The first kappa shape index (κ1) is 9.91. The van der Waals surface area contributed by atoms with Gasteiger partial charge in [-0.1, -0.05) is 18.2 Å². The fraction of sp³-hybridized carbons (Fsp3) is 0.214. The van der Waals surface area contributed by atoms with Gasteiger partial charge in [-0.25, -0.2) is 0 Å². The van der Waals surface area contributed by atoms with Crippen LogP contribution in [0.5, 0.6) is 0 Å². The Balaban J connectivity index is 2.50. The Morgan fingerprint density at radius 3 is 2.33 bits per heavy atom. The zero-order chi connectivity index (χ0) is 10.8. The predicted octanol–water partition coefficient (Wildman–Crippen LogP) is 3.67. The van der Waals surface area contributed by atoms with Crippen LogP contribution in [0.4, 0.5) is 0 Å². The lowest BCUT2D eigenvalue weighted by Gasteiger charge is -2.05. The number of aryl methyl sites for hydroxylation is 3. The van der Waals surface area contributed by atoms with Crippen molar-refractivity contribution in [3.05, 3.63) is 53.2 Å². The molecule has 0 radical (unpaired) electrons. The number of rotatable bonds is 1. The van der Waals surface area contributed by atoms with E-state index in [9.17, 15) is 0 Å². The van der Waals surface area contributed by atoms with Crippen molar-refractivity contribution in [1.82, 2.24) is 4.98 Å². The number of benzene rings is 1. The van der Waals surface area contributed by atoms with Gasteiger partial charge in [-0.2, -0.15) is 0 Å². The van der Waals surface area contributed by atoms with E-state index in [1.165, 1.54) is 16.7 Å². The van der Waals surface area contributed by atoms with Crippen molar-refractivity contribution < 1.29 is 0 Å². The topological polar surface area (TPSA) is 12.9 Å². The Morgan fingerprint density at radius 2 is 1.67 bits per heavy atom. The number of aromatic nitrogens is 1. The van der Waals surface area contributed by atoms with E-state index in [1.54, 1.807) is 0 Å². The van der Waals surface area contributed by atoms with Gasteiger partial charge in [0.25, 0.3) is 0 Å². The van der Waals surface area contributed by atoms with Crippen LogP contribution < -0.4 is 0 Å². The van der Waals surface area contributed by atoms with Crippen LogP contribution in [0.3, 0.4) is 0 Å². The van der Waals surface area contributed by atoms with Crippen molar-refractivity contribution in [1.29, 1.82) is 0 Å². The SMILES string of the molecule is Cc1cccc(-c2ccc(C)c(C)c2)n1. The van der Waals surface area contributed by atoms with Gasteiger partial charge in [-0.3, -0.25) is 4.98 Å². The molecule has 0 saturated carbocycles. The van der Waals surface area contributed by atoms with E-state index >= 15 is 0 Å². The number of hydrogen-bond donors (Lipinski definition) is 0. The van der Waals surface area contributed by atoms with Gasteiger partial charge in [0, 0.05) is 11.3 Å². The highest BCUT2D eigenvalue weighted by Gasteiger charge is 2.00. The molecule has 2 aromatic rings. The highest BCUT2D eigenvalue weighted by Crippen LogP contribution is 2.20. The van der Waals surface area contributed by atoms with E-state index in [0.29, 0.717) is 0 Å². The van der Waals surface area contributed by atoms with E-state index in [-0.39, 0.29) is 0 Å². The molecule has 0 aliphatic rings. The second-order valence-electron chi connectivity index (χ2n) is 3.96. The molecule has 0 spiro atoms. The molecule has 76 valence electrons. The van der Waals surface area contributed by atoms with Crippen LogP contribution in [0.1, 0.15) is 16.8 Å². The van der Waals surface area contributed by atoms with E-state index in [1.807, 2.05) is 19.1 Å². The molecule has 1 heteroatoms. The van der Waals surface area contributed by atoms with Gasteiger partial charge in [0.1, 0.15) is 0 Å².